The Labute approximate surface area is 154 Å². The topological polar surface area (TPSA) is 75.9 Å². The number of nitrogens with one attached hydrogen (secondary N) is 2. The molecule has 5 nitrogen and oxygen atoms in total. The lowest BCUT2D eigenvalue weighted by Gasteiger charge is -2.57. The van der Waals surface area contributed by atoms with Crippen LogP contribution >= 0.6 is 0 Å². The van der Waals surface area contributed by atoms with Gasteiger partial charge in [0.25, 0.3) is 0 Å². The highest BCUT2D eigenvalue weighted by molar-refractivity contribution is 5.74. The van der Waals surface area contributed by atoms with Crippen molar-refractivity contribution in [3.05, 3.63) is 42.2 Å². The van der Waals surface area contributed by atoms with Crippen molar-refractivity contribution >= 4 is 17.3 Å². The summed E-state index contributed by atoms with van der Waals surface area (Å²) >= 11 is 0. The van der Waals surface area contributed by atoms with Crippen LogP contribution in [0.2, 0.25) is 0 Å². The molecular weight excluding hydrogens is 322 g/mol. The van der Waals surface area contributed by atoms with Gasteiger partial charge < -0.3 is 16.4 Å². The van der Waals surface area contributed by atoms with Gasteiger partial charge in [-0.05, 0) is 61.8 Å². The van der Waals surface area contributed by atoms with Gasteiger partial charge >= 0.3 is 0 Å². The standard InChI is InChI=1S/C21H27N5/c22-18-19(23-12-14-4-2-1-3-5-14)24-13-25-20(18)26-21-9-15-6-16(10-21)8-17(7-15)11-21/h1-5,13,15-17H,6-12,22H2,(H2,23,24,25,26). The summed E-state index contributed by atoms with van der Waals surface area (Å²) in [5.41, 5.74) is 8.48. The summed E-state index contributed by atoms with van der Waals surface area (Å²) in [6, 6.07) is 10.3. The second-order valence-electron chi connectivity index (χ2n) is 8.65. The Hall–Kier alpha value is -2.30. The van der Waals surface area contributed by atoms with E-state index in [9.17, 15) is 0 Å². The maximum absolute atomic E-state index is 6.43. The van der Waals surface area contributed by atoms with Crippen LogP contribution in [0.5, 0.6) is 0 Å². The van der Waals surface area contributed by atoms with E-state index in [0.29, 0.717) is 12.2 Å². The van der Waals surface area contributed by atoms with E-state index in [1.54, 1.807) is 6.33 Å². The highest BCUT2D eigenvalue weighted by Crippen LogP contribution is 2.56. The minimum absolute atomic E-state index is 0.202. The number of benzene rings is 1. The molecule has 4 aliphatic carbocycles. The van der Waals surface area contributed by atoms with Crippen LogP contribution in [0, 0.1) is 17.8 Å². The van der Waals surface area contributed by atoms with Crippen molar-refractivity contribution in [2.24, 2.45) is 17.8 Å². The first-order valence-electron chi connectivity index (χ1n) is 9.85. The van der Waals surface area contributed by atoms with E-state index in [-0.39, 0.29) is 5.54 Å². The molecule has 4 fully saturated rings. The Morgan fingerprint density at radius 1 is 0.923 bits per heavy atom. The zero-order valence-electron chi connectivity index (χ0n) is 15.1. The molecule has 0 saturated heterocycles. The van der Waals surface area contributed by atoms with E-state index in [1.807, 2.05) is 18.2 Å². The van der Waals surface area contributed by atoms with Gasteiger partial charge in [-0.25, -0.2) is 9.97 Å². The van der Waals surface area contributed by atoms with Crippen molar-refractivity contribution in [1.29, 1.82) is 0 Å². The SMILES string of the molecule is Nc1c(NCc2ccccc2)ncnc1NC12CC3CC(CC(C3)C1)C2. The summed E-state index contributed by atoms with van der Waals surface area (Å²) in [4.78, 5) is 8.84. The minimum atomic E-state index is 0.202. The molecule has 4 bridgehead atoms. The van der Waals surface area contributed by atoms with Crippen LogP contribution in [0.3, 0.4) is 0 Å². The molecule has 6 rings (SSSR count). The first-order chi connectivity index (χ1) is 12.7. The first kappa shape index (κ1) is 15.9. The molecule has 26 heavy (non-hydrogen) atoms. The van der Waals surface area contributed by atoms with Crippen LogP contribution < -0.4 is 16.4 Å². The molecule has 0 spiro atoms. The monoisotopic (exact) mass is 349 g/mol. The van der Waals surface area contributed by atoms with Crippen molar-refractivity contribution < 1.29 is 0 Å². The molecule has 1 aromatic carbocycles. The van der Waals surface area contributed by atoms with Gasteiger partial charge in [0.2, 0.25) is 0 Å². The molecule has 0 radical (unpaired) electrons. The van der Waals surface area contributed by atoms with E-state index < -0.39 is 0 Å². The van der Waals surface area contributed by atoms with Gasteiger partial charge in [0.05, 0.1) is 0 Å². The number of aromatic nitrogens is 2. The average molecular weight is 349 g/mol. The van der Waals surface area contributed by atoms with Gasteiger partial charge in [-0.3, -0.25) is 0 Å². The highest BCUT2D eigenvalue weighted by atomic mass is 15.1. The van der Waals surface area contributed by atoms with Crippen LogP contribution in [-0.4, -0.2) is 15.5 Å². The third kappa shape index (κ3) is 2.89. The van der Waals surface area contributed by atoms with Gasteiger partial charge in [0.15, 0.2) is 11.6 Å². The molecule has 0 amide bonds. The predicted molar refractivity (Wildman–Crippen MR) is 105 cm³/mol. The molecule has 0 aliphatic heterocycles. The largest absolute Gasteiger partial charge is 0.393 e. The van der Waals surface area contributed by atoms with Crippen LogP contribution in [0.25, 0.3) is 0 Å². The molecule has 0 unspecified atom stereocenters. The lowest BCUT2D eigenvalue weighted by Crippen LogP contribution is -2.55. The fourth-order valence-corrected chi connectivity index (χ4v) is 5.93. The first-order valence-corrected chi connectivity index (χ1v) is 9.85. The zero-order chi connectivity index (χ0) is 17.6. The molecular formula is C21H27N5. The van der Waals surface area contributed by atoms with Crippen molar-refractivity contribution in [2.75, 3.05) is 16.4 Å². The number of anilines is 3. The van der Waals surface area contributed by atoms with Gasteiger partial charge in [0, 0.05) is 12.1 Å². The van der Waals surface area contributed by atoms with Gasteiger partial charge in [-0.1, -0.05) is 30.3 Å². The lowest BCUT2D eigenvalue weighted by atomic mass is 9.53. The third-order valence-corrected chi connectivity index (χ3v) is 6.61. The molecule has 5 heteroatoms. The molecule has 136 valence electrons. The summed E-state index contributed by atoms with van der Waals surface area (Å²) in [5.74, 6) is 4.21. The van der Waals surface area contributed by atoms with Gasteiger partial charge in [-0.2, -0.15) is 0 Å². The summed E-state index contributed by atoms with van der Waals surface area (Å²) in [6.45, 7) is 0.707. The number of nitrogens with two attached hydrogens (primary N) is 1. The summed E-state index contributed by atoms with van der Waals surface area (Å²) < 4.78 is 0. The summed E-state index contributed by atoms with van der Waals surface area (Å²) in [7, 11) is 0. The maximum atomic E-state index is 6.43. The lowest BCUT2D eigenvalue weighted by molar-refractivity contribution is 0.0106. The molecule has 4 N–H and O–H groups in total. The quantitative estimate of drug-likeness (QED) is 0.759. The normalized spacial score (nSPS) is 31.8. The van der Waals surface area contributed by atoms with E-state index in [2.05, 4.69) is 32.7 Å². The second kappa shape index (κ2) is 6.15. The number of nitrogens with zero attached hydrogens (tertiary/aromatic N) is 2. The maximum Gasteiger partial charge on any atom is 0.155 e. The van der Waals surface area contributed by atoms with Gasteiger partial charge in [-0.15, -0.1) is 0 Å². The smallest absolute Gasteiger partial charge is 0.155 e. The molecule has 2 aromatic rings. The fraction of sp³-hybridized carbons (Fsp3) is 0.524. The Kier molecular flexibility index (Phi) is 3.76. The van der Waals surface area contributed by atoms with Crippen molar-refractivity contribution in [1.82, 2.24) is 9.97 Å². The van der Waals surface area contributed by atoms with E-state index >= 15 is 0 Å². The summed E-state index contributed by atoms with van der Waals surface area (Å²) in [5, 5.41) is 7.14. The molecule has 1 aromatic heterocycles. The van der Waals surface area contributed by atoms with Crippen molar-refractivity contribution in [3.63, 3.8) is 0 Å². The van der Waals surface area contributed by atoms with E-state index in [1.165, 1.54) is 44.1 Å². The second-order valence-corrected chi connectivity index (χ2v) is 8.65. The number of nitrogen functional groups attached to an aromatic ring is 1. The Balaban J connectivity index is 1.34. The third-order valence-electron chi connectivity index (χ3n) is 6.61. The fourth-order valence-electron chi connectivity index (χ4n) is 5.93. The van der Waals surface area contributed by atoms with Crippen LogP contribution in [0.4, 0.5) is 17.3 Å². The van der Waals surface area contributed by atoms with Crippen LogP contribution in [-0.2, 0) is 6.54 Å². The van der Waals surface area contributed by atoms with Crippen molar-refractivity contribution in [3.8, 4) is 0 Å². The average Bonchev–Trinajstić information content (AvgIpc) is 2.62. The molecule has 1 heterocycles. The number of hydrogen-bond donors (Lipinski definition) is 3. The van der Waals surface area contributed by atoms with E-state index in [4.69, 9.17) is 5.73 Å². The van der Waals surface area contributed by atoms with Gasteiger partial charge in [0.1, 0.15) is 12.0 Å². The number of hydrogen-bond acceptors (Lipinski definition) is 5. The minimum Gasteiger partial charge on any atom is -0.393 e. The molecule has 0 atom stereocenters. The Bertz CT molecular complexity index is 753. The molecule has 4 saturated carbocycles. The van der Waals surface area contributed by atoms with Crippen LogP contribution in [0.1, 0.15) is 44.1 Å². The number of rotatable bonds is 5. The van der Waals surface area contributed by atoms with Crippen LogP contribution in [0.15, 0.2) is 36.7 Å². The van der Waals surface area contributed by atoms with E-state index in [0.717, 1.165) is 29.4 Å². The van der Waals surface area contributed by atoms with Crippen molar-refractivity contribution in [2.45, 2.75) is 50.6 Å². The highest BCUT2D eigenvalue weighted by Gasteiger charge is 2.51. The predicted octanol–water partition coefficient (Wildman–Crippen LogP) is 4.05. The summed E-state index contributed by atoms with van der Waals surface area (Å²) in [6.07, 6.45) is 9.74. The Morgan fingerprint density at radius 3 is 2.19 bits per heavy atom. The molecule has 4 aliphatic rings. The zero-order valence-corrected chi connectivity index (χ0v) is 15.1. The Morgan fingerprint density at radius 2 is 1.54 bits per heavy atom.